The maximum Gasteiger partial charge on any atom is 0.242 e. The van der Waals surface area contributed by atoms with Gasteiger partial charge in [0.05, 0.1) is 0 Å². The van der Waals surface area contributed by atoms with Gasteiger partial charge in [-0.3, -0.25) is 5.84 Å². The van der Waals surface area contributed by atoms with Crippen LogP contribution in [-0.4, -0.2) is 24.5 Å². The maximum atomic E-state index is 12.0. The van der Waals surface area contributed by atoms with Gasteiger partial charge in [0.15, 0.2) is 0 Å². The van der Waals surface area contributed by atoms with E-state index in [4.69, 9.17) is 5.84 Å². The van der Waals surface area contributed by atoms with Crippen molar-refractivity contribution in [3.63, 3.8) is 0 Å². The van der Waals surface area contributed by atoms with Gasteiger partial charge in [-0.1, -0.05) is 0 Å². The zero-order valence-corrected chi connectivity index (χ0v) is 5.76. The van der Waals surface area contributed by atoms with Crippen LogP contribution in [-0.2, 0) is 0 Å². The second-order valence-electron chi connectivity index (χ2n) is 2.73. The molecule has 1 fully saturated rings. The molecule has 0 aromatic rings. The Morgan fingerprint density at radius 3 is 2.60 bits per heavy atom. The predicted octanol–water partition coefficient (Wildman–Crippen LogP) is 0.837. The van der Waals surface area contributed by atoms with E-state index in [0.717, 1.165) is 13.0 Å². The Hall–Kier alpha value is -0.220. The summed E-state index contributed by atoms with van der Waals surface area (Å²) in [4.78, 5) is 0. The van der Waals surface area contributed by atoms with Crippen molar-refractivity contribution in [3.8, 4) is 0 Å². The quantitative estimate of drug-likeness (QED) is 0.561. The van der Waals surface area contributed by atoms with Crippen LogP contribution in [0.2, 0.25) is 0 Å². The summed E-state index contributed by atoms with van der Waals surface area (Å²) in [5, 5.41) is 1.47. The summed E-state index contributed by atoms with van der Waals surface area (Å²) >= 11 is 0. The Balaban J connectivity index is 2.32. The molecule has 0 radical (unpaired) electrons. The molecular formula is C6H12F2N2. The molecule has 10 heavy (non-hydrogen) atoms. The highest BCUT2D eigenvalue weighted by Crippen LogP contribution is 2.20. The topological polar surface area (TPSA) is 29.3 Å². The minimum atomic E-state index is -2.20. The second-order valence-corrected chi connectivity index (χ2v) is 2.73. The largest absolute Gasteiger partial charge is 0.269 e. The summed E-state index contributed by atoms with van der Waals surface area (Å²) in [5.74, 6) is 4.86. The Bertz CT molecular complexity index is 108. The first-order valence-electron chi connectivity index (χ1n) is 3.48. The maximum absolute atomic E-state index is 12.0. The third-order valence-corrected chi connectivity index (χ3v) is 1.85. The summed E-state index contributed by atoms with van der Waals surface area (Å²) in [5.41, 5.74) is 0. The minimum absolute atomic E-state index is 0.345. The molecule has 1 atom stereocenters. The van der Waals surface area contributed by atoms with E-state index in [1.165, 1.54) is 5.01 Å². The highest BCUT2D eigenvalue weighted by molar-refractivity contribution is 4.70. The van der Waals surface area contributed by atoms with E-state index in [1.807, 2.05) is 0 Å². The van der Waals surface area contributed by atoms with Crippen molar-refractivity contribution >= 4 is 0 Å². The average Bonchev–Trinajstić information content (AvgIpc) is 1.88. The number of halogens is 2. The van der Waals surface area contributed by atoms with Crippen LogP contribution < -0.4 is 5.84 Å². The van der Waals surface area contributed by atoms with E-state index in [1.54, 1.807) is 0 Å². The molecular weight excluding hydrogens is 138 g/mol. The number of alkyl halides is 2. The lowest BCUT2D eigenvalue weighted by Crippen LogP contribution is -2.42. The van der Waals surface area contributed by atoms with Gasteiger partial charge in [-0.25, -0.2) is 13.8 Å². The molecule has 1 heterocycles. The minimum Gasteiger partial charge on any atom is -0.269 e. The van der Waals surface area contributed by atoms with Gasteiger partial charge in [-0.15, -0.1) is 0 Å². The molecule has 0 spiro atoms. The Labute approximate surface area is 59.0 Å². The summed E-state index contributed by atoms with van der Waals surface area (Å²) in [6.07, 6.45) is -0.789. The smallest absolute Gasteiger partial charge is 0.242 e. The Morgan fingerprint density at radius 2 is 2.20 bits per heavy atom. The Kier molecular flexibility index (Phi) is 2.56. The summed E-state index contributed by atoms with van der Waals surface area (Å²) < 4.78 is 24.0. The fourth-order valence-corrected chi connectivity index (χ4v) is 1.25. The van der Waals surface area contributed by atoms with Gasteiger partial charge in [-0.2, -0.15) is 0 Å². The first-order valence-corrected chi connectivity index (χ1v) is 3.48. The zero-order valence-electron chi connectivity index (χ0n) is 5.76. The lowest BCUT2D eigenvalue weighted by atomic mass is 10.0. The lowest BCUT2D eigenvalue weighted by Gasteiger charge is -2.28. The normalized spacial score (nSPS) is 29.4. The fourth-order valence-electron chi connectivity index (χ4n) is 1.25. The van der Waals surface area contributed by atoms with Gasteiger partial charge in [0.2, 0.25) is 6.43 Å². The summed E-state index contributed by atoms with van der Waals surface area (Å²) in [7, 11) is 0. The number of hydrazine groups is 1. The lowest BCUT2D eigenvalue weighted by molar-refractivity contribution is 0.0275. The molecule has 2 N–H and O–H groups in total. The first-order chi connectivity index (χ1) is 4.70. The molecule has 1 aliphatic heterocycles. The Morgan fingerprint density at radius 1 is 1.50 bits per heavy atom. The van der Waals surface area contributed by atoms with E-state index in [-0.39, 0.29) is 0 Å². The SMILES string of the molecule is NN1CCCC(C(F)F)C1. The second kappa shape index (κ2) is 3.25. The van der Waals surface area contributed by atoms with E-state index >= 15 is 0 Å². The van der Waals surface area contributed by atoms with Crippen molar-refractivity contribution in [2.24, 2.45) is 11.8 Å². The summed E-state index contributed by atoms with van der Waals surface area (Å²) in [6, 6.07) is 0. The van der Waals surface area contributed by atoms with Crippen LogP contribution in [0.4, 0.5) is 8.78 Å². The molecule has 1 aliphatic rings. The highest BCUT2D eigenvalue weighted by atomic mass is 19.3. The predicted molar refractivity (Wildman–Crippen MR) is 34.5 cm³/mol. The highest BCUT2D eigenvalue weighted by Gasteiger charge is 2.25. The van der Waals surface area contributed by atoms with Crippen molar-refractivity contribution in [2.45, 2.75) is 19.3 Å². The van der Waals surface area contributed by atoms with E-state index in [2.05, 4.69) is 0 Å². The molecule has 2 nitrogen and oxygen atoms in total. The number of hydrogen-bond acceptors (Lipinski definition) is 2. The van der Waals surface area contributed by atoms with Crippen LogP contribution in [0.25, 0.3) is 0 Å². The molecule has 0 aromatic heterocycles. The average molecular weight is 150 g/mol. The van der Waals surface area contributed by atoms with Crippen molar-refractivity contribution < 1.29 is 8.78 Å². The molecule has 0 aromatic carbocycles. The number of hydrogen-bond donors (Lipinski definition) is 1. The van der Waals surface area contributed by atoms with Crippen molar-refractivity contribution in [1.82, 2.24) is 5.01 Å². The molecule has 60 valence electrons. The monoisotopic (exact) mass is 150 g/mol. The van der Waals surface area contributed by atoms with Crippen molar-refractivity contribution in [2.75, 3.05) is 13.1 Å². The van der Waals surface area contributed by atoms with Crippen LogP contribution in [0.1, 0.15) is 12.8 Å². The van der Waals surface area contributed by atoms with E-state index < -0.39 is 12.3 Å². The third kappa shape index (κ3) is 1.88. The molecule has 0 amide bonds. The van der Waals surface area contributed by atoms with Crippen molar-refractivity contribution in [1.29, 1.82) is 0 Å². The van der Waals surface area contributed by atoms with Gasteiger partial charge in [0, 0.05) is 19.0 Å². The molecule has 1 unspecified atom stereocenters. The van der Waals surface area contributed by atoms with Gasteiger partial charge >= 0.3 is 0 Å². The van der Waals surface area contributed by atoms with Gasteiger partial charge in [0.25, 0.3) is 0 Å². The molecule has 0 bridgehead atoms. The number of nitrogens with two attached hydrogens (primary N) is 1. The van der Waals surface area contributed by atoms with Crippen molar-refractivity contribution in [3.05, 3.63) is 0 Å². The molecule has 1 rings (SSSR count). The first kappa shape index (κ1) is 7.88. The van der Waals surface area contributed by atoms with Crippen LogP contribution in [0.3, 0.4) is 0 Å². The number of piperidine rings is 1. The fraction of sp³-hybridized carbons (Fsp3) is 1.00. The van der Waals surface area contributed by atoms with E-state index in [0.29, 0.717) is 13.0 Å². The van der Waals surface area contributed by atoms with Gasteiger partial charge in [0.1, 0.15) is 0 Å². The van der Waals surface area contributed by atoms with Crippen LogP contribution >= 0.6 is 0 Å². The van der Waals surface area contributed by atoms with Gasteiger partial charge < -0.3 is 0 Å². The zero-order chi connectivity index (χ0) is 7.56. The van der Waals surface area contributed by atoms with Crippen LogP contribution in [0.5, 0.6) is 0 Å². The third-order valence-electron chi connectivity index (χ3n) is 1.85. The van der Waals surface area contributed by atoms with Gasteiger partial charge in [-0.05, 0) is 12.8 Å². The molecule has 0 aliphatic carbocycles. The van der Waals surface area contributed by atoms with E-state index in [9.17, 15) is 8.78 Å². The summed E-state index contributed by atoms with van der Waals surface area (Å²) in [6.45, 7) is 1.10. The standard InChI is InChI=1S/C6H12F2N2/c7-6(8)5-2-1-3-10(9)4-5/h5-6H,1-4,9H2. The molecule has 0 saturated carbocycles. The number of nitrogens with zero attached hydrogens (tertiary/aromatic N) is 1. The number of rotatable bonds is 1. The molecule has 4 heteroatoms. The molecule has 1 saturated heterocycles. The van der Waals surface area contributed by atoms with Crippen LogP contribution in [0, 0.1) is 5.92 Å². The van der Waals surface area contributed by atoms with Crippen LogP contribution in [0.15, 0.2) is 0 Å².